The Bertz CT molecular complexity index is 752. The lowest BCUT2D eigenvalue weighted by Gasteiger charge is -2.35. The summed E-state index contributed by atoms with van der Waals surface area (Å²) in [7, 11) is 0. The van der Waals surface area contributed by atoms with Gasteiger partial charge < -0.3 is 10.0 Å². The van der Waals surface area contributed by atoms with Crippen LogP contribution in [0.2, 0.25) is 0 Å². The normalized spacial score (nSPS) is 17.5. The first-order valence-corrected chi connectivity index (χ1v) is 8.69. The number of hydrogen-bond donors (Lipinski definition) is 1. The van der Waals surface area contributed by atoms with Gasteiger partial charge in [-0.3, -0.25) is 9.59 Å². The summed E-state index contributed by atoms with van der Waals surface area (Å²) in [5.41, 5.74) is 2.62. The zero-order chi connectivity index (χ0) is 17.8. The predicted molar refractivity (Wildman–Crippen MR) is 93.8 cm³/mol. The second kappa shape index (κ2) is 7.51. The molecule has 1 aromatic heterocycles. The molecule has 6 heteroatoms. The van der Waals surface area contributed by atoms with Crippen LogP contribution in [0.5, 0.6) is 0 Å². The van der Waals surface area contributed by atoms with Crippen LogP contribution in [0, 0.1) is 6.92 Å². The molecule has 0 radical (unpaired) electrons. The van der Waals surface area contributed by atoms with Crippen LogP contribution in [0.15, 0.2) is 36.7 Å². The van der Waals surface area contributed by atoms with Crippen molar-refractivity contribution in [2.24, 2.45) is 0 Å². The molecule has 0 saturated carbocycles. The molecule has 0 bridgehead atoms. The lowest BCUT2D eigenvalue weighted by molar-refractivity contribution is -0.137. The second-order valence-corrected chi connectivity index (χ2v) is 6.59. The lowest BCUT2D eigenvalue weighted by Crippen LogP contribution is -2.43. The van der Waals surface area contributed by atoms with Crippen LogP contribution in [0.3, 0.4) is 0 Å². The van der Waals surface area contributed by atoms with Crippen molar-refractivity contribution in [1.29, 1.82) is 0 Å². The third-order valence-corrected chi connectivity index (χ3v) is 4.67. The van der Waals surface area contributed by atoms with Gasteiger partial charge in [-0.05, 0) is 62.4 Å². The number of aromatic nitrogens is 2. The van der Waals surface area contributed by atoms with Crippen LogP contribution in [0.4, 0.5) is 0 Å². The Balaban J connectivity index is 1.73. The molecule has 0 aliphatic carbocycles. The molecular weight excluding hydrogens is 318 g/mol. The summed E-state index contributed by atoms with van der Waals surface area (Å²) in [6, 6.07) is 7.42. The van der Waals surface area contributed by atoms with Crippen LogP contribution in [0.25, 0.3) is 5.69 Å². The van der Waals surface area contributed by atoms with Gasteiger partial charge in [0.2, 0.25) is 0 Å². The number of carboxylic acids is 1. The van der Waals surface area contributed by atoms with Crippen molar-refractivity contribution in [3.05, 3.63) is 47.8 Å². The standard InChI is InChI=1S/C19H23N3O3/c1-14-12-20-22(13-14)17-7-5-15(6-8-17)19(25)21-11-3-2-4-16(21)9-10-18(23)24/h5-8,12-13,16H,2-4,9-11H2,1H3,(H,23,24)/t16-/m0/s1. The largest absolute Gasteiger partial charge is 0.481 e. The van der Waals surface area contributed by atoms with Crippen molar-refractivity contribution in [1.82, 2.24) is 14.7 Å². The SMILES string of the molecule is Cc1cnn(-c2ccc(C(=O)N3CCCC[C@H]3CCC(=O)O)cc2)c1. The number of rotatable bonds is 5. The maximum atomic E-state index is 12.9. The Hall–Kier alpha value is -2.63. The average molecular weight is 341 g/mol. The van der Waals surface area contributed by atoms with Crippen molar-refractivity contribution in [2.45, 2.75) is 45.1 Å². The molecule has 1 aromatic carbocycles. The minimum atomic E-state index is -0.808. The summed E-state index contributed by atoms with van der Waals surface area (Å²) < 4.78 is 1.78. The minimum absolute atomic E-state index is 0.0155. The number of likely N-dealkylation sites (tertiary alicyclic amines) is 1. The van der Waals surface area contributed by atoms with E-state index in [-0.39, 0.29) is 18.4 Å². The number of amides is 1. The molecule has 132 valence electrons. The molecule has 2 heterocycles. The van der Waals surface area contributed by atoms with E-state index in [2.05, 4.69) is 5.10 Å². The molecular formula is C19H23N3O3. The Morgan fingerprint density at radius 1 is 1.24 bits per heavy atom. The van der Waals surface area contributed by atoms with Gasteiger partial charge in [-0.15, -0.1) is 0 Å². The van der Waals surface area contributed by atoms with Gasteiger partial charge in [0.25, 0.3) is 5.91 Å². The fourth-order valence-corrected chi connectivity index (χ4v) is 3.33. The molecule has 1 aliphatic heterocycles. The molecule has 0 unspecified atom stereocenters. The third-order valence-electron chi connectivity index (χ3n) is 4.67. The molecule has 2 aromatic rings. The maximum absolute atomic E-state index is 12.9. The molecule has 1 atom stereocenters. The maximum Gasteiger partial charge on any atom is 0.303 e. The number of carboxylic acid groups (broad SMARTS) is 1. The molecule has 1 amide bonds. The number of aliphatic carboxylic acids is 1. The summed E-state index contributed by atoms with van der Waals surface area (Å²) in [5, 5.41) is 13.2. The molecule has 1 N–H and O–H groups in total. The van der Waals surface area contributed by atoms with Gasteiger partial charge in [-0.25, -0.2) is 4.68 Å². The number of carbonyl (C=O) groups excluding carboxylic acids is 1. The number of piperidine rings is 1. The van der Waals surface area contributed by atoms with Crippen molar-refractivity contribution >= 4 is 11.9 Å². The fourth-order valence-electron chi connectivity index (χ4n) is 3.33. The Morgan fingerprint density at radius 2 is 2.00 bits per heavy atom. The van der Waals surface area contributed by atoms with E-state index in [0.717, 1.165) is 30.5 Å². The smallest absolute Gasteiger partial charge is 0.303 e. The molecule has 3 rings (SSSR count). The van der Waals surface area contributed by atoms with E-state index < -0.39 is 5.97 Å². The number of aryl methyl sites for hydroxylation is 1. The zero-order valence-electron chi connectivity index (χ0n) is 14.4. The van der Waals surface area contributed by atoms with Crippen molar-refractivity contribution < 1.29 is 14.7 Å². The molecule has 25 heavy (non-hydrogen) atoms. The van der Waals surface area contributed by atoms with Crippen LogP contribution in [-0.2, 0) is 4.79 Å². The van der Waals surface area contributed by atoms with Crippen LogP contribution in [-0.4, -0.2) is 44.3 Å². The summed E-state index contributed by atoms with van der Waals surface area (Å²) >= 11 is 0. The molecule has 1 saturated heterocycles. The summed E-state index contributed by atoms with van der Waals surface area (Å²) in [4.78, 5) is 25.6. The van der Waals surface area contributed by atoms with Crippen LogP contribution >= 0.6 is 0 Å². The van der Waals surface area contributed by atoms with E-state index in [1.54, 1.807) is 10.9 Å². The number of benzene rings is 1. The summed E-state index contributed by atoms with van der Waals surface area (Å²) in [6.45, 7) is 2.68. The molecule has 0 spiro atoms. The van der Waals surface area contributed by atoms with Gasteiger partial charge >= 0.3 is 5.97 Å². The average Bonchev–Trinajstić information content (AvgIpc) is 3.06. The van der Waals surface area contributed by atoms with E-state index >= 15 is 0 Å². The first-order valence-electron chi connectivity index (χ1n) is 8.69. The quantitative estimate of drug-likeness (QED) is 0.907. The van der Waals surface area contributed by atoms with Crippen molar-refractivity contribution in [3.8, 4) is 5.69 Å². The van der Waals surface area contributed by atoms with E-state index in [0.29, 0.717) is 18.5 Å². The molecule has 6 nitrogen and oxygen atoms in total. The minimum Gasteiger partial charge on any atom is -0.481 e. The first-order chi connectivity index (χ1) is 12.0. The Kier molecular flexibility index (Phi) is 5.16. The zero-order valence-corrected chi connectivity index (χ0v) is 14.4. The highest BCUT2D eigenvalue weighted by atomic mass is 16.4. The second-order valence-electron chi connectivity index (χ2n) is 6.59. The summed E-state index contributed by atoms with van der Waals surface area (Å²) in [5.74, 6) is -0.824. The molecule has 1 fully saturated rings. The Morgan fingerprint density at radius 3 is 2.64 bits per heavy atom. The van der Waals surface area contributed by atoms with E-state index in [4.69, 9.17) is 5.11 Å². The third kappa shape index (κ3) is 4.07. The van der Waals surface area contributed by atoms with Gasteiger partial charge in [0.05, 0.1) is 11.9 Å². The molecule has 1 aliphatic rings. The van der Waals surface area contributed by atoms with E-state index in [1.807, 2.05) is 42.3 Å². The van der Waals surface area contributed by atoms with Crippen molar-refractivity contribution in [2.75, 3.05) is 6.54 Å². The monoisotopic (exact) mass is 341 g/mol. The highest BCUT2D eigenvalue weighted by molar-refractivity contribution is 5.94. The van der Waals surface area contributed by atoms with Gasteiger partial charge in [-0.2, -0.15) is 5.10 Å². The first kappa shape index (κ1) is 17.2. The Labute approximate surface area is 147 Å². The number of carbonyl (C=O) groups is 2. The predicted octanol–water partition coefficient (Wildman–Crippen LogP) is 3.04. The fraction of sp³-hybridized carbons (Fsp3) is 0.421. The van der Waals surface area contributed by atoms with E-state index in [9.17, 15) is 9.59 Å². The van der Waals surface area contributed by atoms with Crippen LogP contribution in [0.1, 0.15) is 48.0 Å². The topological polar surface area (TPSA) is 75.4 Å². The van der Waals surface area contributed by atoms with Gasteiger partial charge in [0.1, 0.15) is 0 Å². The van der Waals surface area contributed by atoms with Crippen molar-refractivity contribution in [3.63, 3.8) is 0 Å². The van der Waals surface area contributed by atoms with Crippen LogP contribution < -0.4 is 0 Å². The van der Waals surface area contributed by atoms with Gasteiger partial charge in [-0.1, -0.05) is 0 Å². The highest BCUT2D eigenvalue weighted by Crippen LogP contribution is 2.23. The highest BCUT2D eigenvalue weighted by Gasteiger charge is 2.27. The number of nitrogens with zero attached hydrogens (tertiary/aromatic N) is 3. The number of hydrogen-bond acceptors (Lipinski definition) is 3. The van der Waals surface area contributed by atoms with Gasteiger partial charge in [0, 0.05) is 30.8 Å². The summed E-state index contributed by atoms with van der Waals surface area (Å²) in [6.07, 6.45) is 7.25. The van der Waals surface area contributed by atoms with Gasteiger partial charge in [0.15, 0.2) is 0 Å². The van der Waals surface area contributed by atoms with E-state index in [1.165, 1.54) is 0 Å². The lowest BCUT2D eigenvalue weighted by atomic mass is 9.97.